The Morgan fingerprint density at radius 3 is 2.11 bits per heavy atom. The van der Waals surface area contributed by atoms with Gasteiger partial charge in [-0.05, 0) is 31.6 Å². The molecule has 0 spiro atoms. The molecule has 2 aliphatic carbocycles. The van der Waals surface area contributed by atoms with Crippen LogP contribution in [0, 0.1) is 17.2 Å². The standard InChI is InChI=1S/C12H18F2N2.C2H6/c13-12(14)7-11(8-12)16-10-3-1-9(2-4-10)5-6-15;1-2/h9-11,16H,1-5,7-8H2;1-2H3. The van der Waals surface area contributed by atoms with E-state index in [1.165, 1.54) is 0 Å². The van der Waals surface area contributed by atoms with E-state index in [1.807, 2.05) is 13.8 Å². The summed E-state index contributed by atoms with van der Waals surface area (Å²) >= 11 is 0. The Morgan fingerprint density at radius 1 is 1.11 bits per heavy atom. The lowest BCUT2D eigenvalue weighted by molar-refractivity contribution is -0.0956. The summed E-state index contributed by atoms with van der Waals surface area (Å²) in [6.07, 6.45) is 4.86. The van der Waals surface area contributed by atoms with Gasteiger partial charge in [-0.15, -0.1) is 0 Å². The van der Waals surface area contributed by atoms with Gasteiger partial charge in [-0.2, -0.15) is 5.26 Å². The Labute approximate surface area is 109 Å². The lowest BCUT2D eigenvalue weighted by Gasteiger charge is -2.39. The van der Waals surface area contributed by atoms with Crippen molar-refractivity contribution in [2.45, 2.75) is 76.8 Å². The molecule has 0 aromatic carbocycles. The Bertz CT molecular complexity index is 270. The number of nitrogens with zero attached hydrogens (tertiary/aromatic N) is 1. The molecule has 104 valence electrons. The summed E-state index contributed by atoms with van der Waals surface area (Å²) in [5.74, 6) is -1.89. The fourth-order valence-electron chi connectivity index (χ4n) is 2.77. The highest BCUT2D eigenvalue weighted by atomic mass is 19.3. The third kappa shape index (κ3) is 4.53. The summed E-state index contributed by atoms with van der Waals surface area (Å²) in [6, 6.07) is 2.63. The first-order valence-electron chi connectivity index (χ1n) is 7.10. The maximum absolute atomic E-state index is 12.6. The van der Waals surface area contributed by atoms with Crippen molar-refractivity contribution in [3.63, 3.8) is 0 Å². The Balaban J connectivity index is 0.000000771. The molecule has 0 saturated heterocycles. The van der Waals surface area contributed by atoms with E-state index in [1.54, 1.807) is 0 Å². The maximum Gasteiger partial charge on any atom is 0.251 e. The van der Waals surface area contributed by atoms with Crippen molar-refractivity contribution in [3.05, 3.63) is 0 Å². The molecular weight excluding hydrogens is 234 g/mol. The average Bonchev–Trinajstić information content (AvgIpc) is 2.32. The second-order valence-corrected chi connectivity index (χ2v) is 5.21. The molecule has 0 heterocycles. The number of nitrogens with one attached hydrogen (secondary N) is 1. The zero-order valence-corrected chi connectivity index (χ0v) is 11.4. The number of halogens is 2. The number of rotatable bonds is 3. The molecule has 4 heteroatoms. The van der Waals surface area contributed by atoms with Crippen LogP contribution in [0.25, 0.3) is 0 Å². The van der Waals surface area contributed by atoms with Crippen molar-refractivity contribution < 1.29 is 8.78 Å². The van der Waals surface area contributed by atoms with E-state index in [2.05, 4.69) is 11.4 Å². The molecule has 2 rings (SSSR count). The number of alkyl halides is 2. The predicted molar refractivity (Wildman–Crippen MR) is 68.4 cm³/mol. The highest BCUT2D eigenvalue weighted by molar-refractivity contribution is 4.94. The maximum atomic E-state index is 12.6. The van der Waals surface area contributed by atoms with E-state index in [0.717, 1.165) is 25.7 Å². The first-order valence-corrected chi connectivity index (χ1v) is 7.10. The van der Waals surface area contributed by atoms with Gasteiger partial charge in [0.1, 0.15) is 0 Å². The number of hydrogen-bond acceptors (Lipinski definition) is 2. The predicted octanol–water partition coefficient (Wildman–Crippen LogP) is 3.87. The second kappa shape index (κ2) is 7.04. The Hall–Kier alpha value is -0.690. The number of nitriles is 1. The van der Waals surface area contributed by atoms with Crippen LogP contribution in [-0.4, -0.2) is 18.0 Å². The van der Waals surface area contributed by atoms with Gasteiger partial charge < -0.3 is 5.32 Å². The quantitative estimate of drug-likeness (QED) is 0.834. The largest absolute Gasteiger partial charge is 0.311 e. The van der Waals surface area contributed by atoms with Crippen LogP contribution in [0.3, 0.4) is 0 Å². The lowest BCUT2D eigenvalue weighted by atomic mass is 9.82. The van der Waals surface area contributed by atoms with Crippen molar-refractivity contribution in [2.24, 2.45) is 5.92 Å². The van der Waals surface area contributed by atoms with Crippen LogP contribution in [0.15, 0.2) is 0 Å². The summed E-state index contributed by atoms with van der Waals surface area (Å²) in [5, 5.41) is 11.9. The van der Waals surface area contributed by atoms with Gasteiger partial charge in [0.2, 0.25) is 0 Å². The van der Waals surface area contributed by atoms with Crippen molar-refractivity contribution in [3.8, 4) is 6.07 Å². The fourth-order valence-corrected chi connectivity index (χ4v) is 2.77. The summed E-state index contributed by atoms with van der Waals surface area (Å²) in [7, 11) is 0. The molecule has 0 aromatic rings. The van der Waals surface area contributed by atoms with Gasteiger partial charge in [0, 0.05) is 31.3 Å². The van der Waals surface area contributed by atoms with E-state index in [-0.39, 0.29) is 18.9 Å². The van der Waals surface area contributed by atoms with Gasteiger partial charge in [-0.3, -0.25) is 0 Å². The topological polar surface area (TPSA) is 35.8 Å². The second-order valence-electron chi connectivity index (χ2n) is 5.21. The fraction of sp³-hybridized carbons (Fsp3) is 0.929. The van der Waals surface area contributed by atoms with Crippen LogP contribution >= 0.6 is 0 Å². The normalized spacial score (nSPS) is 30.6. The lowest BCUT2D eigenvalue weighted by Crippen LogP contribution is -2.52. The van der Waals surface area contributed by atoms with E-state index < -0.39 is 5.92 Å². The summed E-state index contributed by atoms with van der Waals surface area (Å²) in [5.41, 5.74) is 0. The van der Waals surface area contributed by atoms with Crippen LogP contribution < -0.4 is 5.32 Å². The third-order valence-corrected chi connectivity index (χ3v) is 3.79. The molecule has 0 aromatic heterocycles. The van der Waals surface area contributed by atoms with Crippen LogP contribution in [0.2, 0.25) is 0 Å². The first kappa shape index (κ1) is 15.4. The van der Waals surface area contributed by atoms with Gasteiger partial charge >= 0.3 is 0 Å². The minimum Gasteiger partial charge on any atom is -0.311 e. The molecule has 0 aliphatic heterocycles. The van der Waals surface area contributed by atoms with Gasteiger partial charge in [0.05, 0.1) is 6.07 Å². The van der Waals surface area contributed by atoms with Crippen molar-refractivity contribution >= 4 is 0 Å². The smallest absolute Gasteiger partial charge is 0.251 e. The monoisotopic (exact) mass is 258 g/mol. The molecule has 2 nitrogen and oxygen atoms in total. The molecule has 2 saturated carbocycles. The summed E-state index contributed by atoms with van der Waals surface area (Å²) < 4.78 is 25.3. The summed E-state index contributed by atoms with van der Waals surface area (Å²) in [4.78, 5) is 0. The van der Waals surface area contributed by atoms with Crippen molar-refractivity contribution in [1.82, 2.24) is 5.32 Å². The molecule has 0 atom stereocenters. The third-order valence-electron chi connectivity index (χ3n) is 3.79. The molecule has 0 bridgehead atoms. The minimum atomic E-state index is -2.42. The van der Waals surface area contributed by atoms with E-state index >= 15 is 0 Å². The van der Waals surface area contributed by atoms with Gasteiger partial charge in [-0.1, -0.05) is 13.8 Å². The zero-order chi connectivity index (χ0) is 13.6. The minimum absolute atomic E-state index is 0.00508. The molecule has 18 heavy (non-hydrogen) atoms. The molecule has 1 N–H and O–H groups in total. The van der Waals surface area contributed by atoms with Crippen LogP contribution in [0.1, 0.15) is 58.8 Å². The molecule has 0 radical (unpaired) electrons. The molecule has 0 unspecified atom stereocenters. The highest BCUT2D eigenvalue weighted by Crippen LogP contribution is 2.38. The Kier molecular flexibility index (Phi) is 6.01. The molecule has 2 fully saturated rings. The van der Waals surface area contributed by atoms with E-state index in [9.17, 15) is 8.78 Å². The SMILES string of the molecule is CC.N#CCC1CCC(NC2CC(F)(F)C2)CC1. The van der Waals surface area contributed by atoms with Gasteiger partial charge in [-0.25, -0.2) is 8.78 Å². The first-order chi connectivity index (χ1) is 8.59. The number of hydrogen-bond donors (Lipinski definition) is 1. The van der Waals surface area contributed by atoms with Crippen LogP contribution in [-0.2, 0) is 0 Å². The van der Waals surface area contributed by atoms with Crippen molar-refractivity contribution in [2.75, 3.05) is 0 Å². The zero-order valence-electron chi connectivity index (χ0n) is 11.4. The molecular formula is C14H24F2N2. The van der Waals surface area contributed by atoms with E-state index in [0.29, 0.717) is 18.4 Å². The van der Waals surface area contributed by atoms with Crippen LogP contribution in [0.4, 0.5) is 8.78 Å². The average molecular weight is 258 g/mol. The molecule has 0 amide bonds. The van der Waals surface area contributed by atoms with Gasteiger partial charge in [0.25, 0.3) is 5.92 Å². The summed E-state index contributed by atoms with van der Waals surface area (Å²) in [6.45, 7) is 4.00. The highest BCUT2D eigenvalue weighted by Gasteiger charge is 2.45. The van der Waals surface area contributed by atoms with E-state index in [4.69, 9.17) is 5.26 Å². The molecule has 2 aliphatic rings. The van der Waals surface area contributed by atoms with Crippen LogP contribution in [0.5, 0.6) is 0 Å². The Morgan fingerprint density at radius 2 is 1.67 bits per heavy atom. The van der Waals surface area contributed by atoms with Crippen molar-refractivity contribution in [1.29, 1.82) is 5.26 Å². The van der Waals surface area contributed by atoms with Gasteiger partial charge in [0.15, 0.2) is 0 Å².